The number of nitro groups is 1. The lowest BCUT2D eigenvalue weighted by molar-refractivity contribution is -0.742. The maximum absolute atomic E-state index is 9.89. The zero-order valence-corrected chi connectivity index (χ0v) is 12.5. The third-order valence-electron chi connectivity index (χ3n) is 2.00. The van der Waals surface area contributed by atoms with Crippen LogP contribution in [-0.2, 0) is 0 Å². The fourth-order valence-corrected chi connectivity index (χ4v) is 0.183. The summed E-state index contributed by atoms with van der Waals surface area (Å²) in [6.07, 6.45) is 0. The van der Waals surface area contributed by atoms with E-state index in [-0.39, 0.29) is 16.1 Å². The summed E-state index contributed by atoms with van der Waals surface area (Å²) in [5.74, 6) is 0. The highest BCUT2D eigenvalue weighted by atomic mass is 16.9. The average Bonchev–Trinajstić information content (AvgIpc) is 2.15. The van der Waals surface area contributed by atoms with E-state index < -0.39 is 5.09 Å². The molecule has 0 spiro atoms. The highest BCUT2D eigenvalue weighted by Crippen LogP contribution is 2.00. The molecule has 0 aromatic rings. The van der Waals surface area contributed by atoms with Gasteiger partial charge in [-0.1, -0.05) is 11.1 Å². The molecule has 19 heavy (non-hydrogen) atoms. The summed E-state index contributed by atoms with van der Waals surface area (Å²) < 4.78 is 0. The van der Waals surface area contributed by atoms with Crippen molar-refractivity contribution >= 4 is 0 Å². The zero-order valence-electron chi connectivity index (χ0n) is 12.5. The topological polar surface area (TPSA) is 138 Å². The SMILES string of the molecule is CC(C)=C(C)C.CC(C)=C(C)[N+](=O)[O-].O.O=[N+]([O-])O. The predicted octanol–water partition coefficient (Wildman–Crippen LogP) is 2.77. The maximum Gasteiger partial charge on any atom is 0.291 e. The first-order valence-corrected chi connectivity index (χ1v) is 5.15. The van der Waals surface area contributed by atoms with Crippen LogP contribution in [0.3, 0.4) is 0 Å². The minimum absolute atomic E-state index is 0. The number of hydrogen-bond donors (Lipinski definition) is 1. The van der Waals surface area contributed by atoms with Gasteiger partial charge in [0, 0.05) is 6.92 Å². The molecule has 0 bridgehead atoms. The molecule has 0 atom stereocenters. The third-order valence-corrected chi connectivity index (χ3v) is 2.00. The van der Waals surface area contributed by atoms with Crippen LogP contribution in [0.2, 0.25) is 0 Å². The molecule has 0 fully saturated rings. The van der Waals surface area contributed by atoms with Crippen LogP contribution in [-0.4, -0.2) is 20.7 Å². The molecule has 0 aliphatic heterocycles. The molecule has 8 nitrogen and oxygen atoms in total. The smallest absolute Gasteiger partial charge is 0.291 e. The molecule has 0 radical (unpaired) electrons. The monoisotopic (exact) mass is 280 g/mol. The van der Waals surface area contributed by atoms with Gasteiger partial charge in [-0.05, 0) is 47.1 Å². The van der Waals surface area contributed by atoms with Gasteiger partial charge >= 0.3 is 0 Å². The standard InChI is InChI=1S/C6H12.C5H9NO2.HNO3.H2O/c1-5(2)6(3)4;1-4(2)5(3)6(7)8;2-1(3)4;/h1-4H3;1-3H3;(H,2,3,4);1H2. The lowest BCUT2D eigenvalue weighted by Crippen LogP contribution is -1.94. The quantitative estimate of drug-likeness (QED) is 0.447. The normalized spacial score (nSPS) is 7.32. The summed E-state index contributed by atoms with van der Waals surface area (Å²) in [6.45, 7) is 13.4. The highest BCUT2D eigenvalue weighted by molar-refractivity contribution is 5.02. The largest absolute Gasteiger partial charge is 0.412 e. The van der Waals surface area contributed by atoms with E-state index in [1.54, 1.807) is 13.8 Å². The molecule has 0 amide bonds. The van der Waals surface area contributed by atoms with Gasteiger partial charge < -0.3 is 10.7 Å². The first-order chi connectivity index (χ1) is 7.93. The summed E-state index contributed by atoms with van der Waals surface area (Å²) in [4.78, 5) is 17.9. The van der Waals surface area contributed by atoms with E-state index in [4.69, 9.17) is 15.3 Å². The van der Waals surface area contributed by atoms with Crippen molar-refractivity contribution in [2.45, 2.75) is 48.5 Å². The summed E-state index contributed by atoms with van der Waals surface area (Å²) in [5, 5.41) is 23.5. The average molecular weight is 280 g/mol. The van der Waals surface area contributed by atoms with Crippen LogP contribution in [0, 0.1) is 20.2 Å². The second-order valence-electron chi connectivity index (χ2n) is 4.08. The molecule has 0 rings (SSSR count). The fraction of sp³-hybridized carbons (Fsp3) is 0.636. The van der Waals surface area contributed by atoms with Gasteiger partial charge in [-0.2, -0.15) is 0 Å². The Bertz CT molecular complexity index is 321. The van der Waals surface area contributed by atoms with Gasteiger partial charge in [-0.25, -0.2) is 0 Å². The van der Waals surface area contributed by atoms with E-state index >= 15 is 0 Å². The molecular formula is C11H24N2O6. The lowest BCUT2D eigenvalue weighted by atomic mass is 10.2. The molecule has 8 heteroatoms. The Labute approximate surface area is 113 Å². The van der Waals surface area contributed by atoms with Crippen molar-refractivity contribution in [1.82, 2.24) is 0 Å². The Hall–Kier alpha value is -1.96. The van der Waals surface area contributed by atoms with Gasteiger partial charge in [0.1, 0.15) is 0 Å². The van der Waals surface area contributed by atoms with Gasteiger partial charge in [0.2, 0.25) is 5.70 Å². The van der Waals surface area contributed by atoms with E-state index in [1.807, 2.05) is 0 Å². The van der Waals surface area contributed by atoms with E-state index in [1.165, 1.54) is 18.1 Å². The van der Waals surface area contributed by atoms with Gasteiger partial charge in [-0.3, -0.25) is 10.1 Å². The summed E-state index contributed by atoms with van der Waals surface area (Å²) >= 11 is 0. The van der Waals surface area contributed by atoms with Crippen LogP contribution in [0.5, 0.6) is 0 Å². The van der Waals surface area contributed by atoms with E-state index in [0.29, 0.717) is 0 Å². The highest BCUT2D eigenvalue weighted by Gasteiger charge is 2.01. The summed E-state index contributed by atoms with van der Waals surface area (Å²) in [6, 6.07) is 0. The Morgan fingerprint density at radius 1 is 0.789 bits per heavy atom. The van der Waals surface area contributed by atoms with Gasteiger partial charge in [0.15, 0.2) is 0 Å². The number of hydrogen-bond acceptors (Lipinski definition) is 4. The molecule has 114 valence electrons. The number of allylic oxidation sites excluding steroid dienone is 4. The van der Waals surface area contributed by atoms with Crippen molar-refractivity contribution in [3.8, 4) is 0 Å². The van der Waals surface area contributed by atoms with E-state index in [2.05, 4.69) is 27.7 Å². The molecule has 0 aliphatic rings. The molecule has 0 heterocycles. The van der Waals surface area contributed by atoms with Gasteiger partial charge in [-0.15, -0.1) is 10.1 Å². The Kier molecular flexibility index (Phi) is 19.1. The van der Waals surface area contributed by atoms with Crippen LogP contribution in [0.25, 0.3) is 0 Å². The fourth-order valence-electron chi connectivity index (χ4n) is 0.183. The third kappa shape index (κ3) is 31.4. The van der Waals surface area contributed by atoms with Crippen molar-refractivity contribution in [3.05, 3.63) is 42.6 Å². The molecule has 0 saturated carbocycles. The van der Waals surface area contributed by atoms with Crippen LogP contribution >= 0.6 is 0 Å². The number of rotatable bonds is 1. The summed E-state index contributed by atoms with van der Waals surface area (Å²) in [5.41, 5.74) is 3.85. The molecular weight excluding hydrogens is 256 g/mol. The van der Waals surface area contributed by atoms with Crippen molar-refractivity contribution in [2.24, 2.45) is 0 Å². The molecule has 0 aromatic carbocycles. The lowest BCUT2D eigenvalue weighted by Gasteiger charge is -1.88. The van der Waals surface area contributed by atoms with Crippen molar-refractivity contribution in [3.63, 3.8) is 0 Å². The van der Waals surface area contributed by atoms with E-state index in [9.17, 15) is 10.1 Å². The Morgan fingerprint density at radius 2 is 1.00 bits per heavy atom. The van der Waals surface area contributed by atoms with E-state index in [0.717, 1.165) is 5.57 Å². The minimum Gasteiger partial charge on any atom is -0.412 e. The Balaban J connectivity index is -0.0000000916. The second kappa shape index (κ2) is 14.1. The number of nitrogens with zero attached hydrogens (tertiary/aromatic N) is 2. The molecule has 0 aliphatic carbocycles. The molecule has 0 saturated heterocycles. The van der Waals surface area contributed by atoms with Crippen molar-refractivity contribution < 1.29 is 20.7 Å². The first kappa shape index (κ1) is 25.8. The Morgan fingerprint density at radius 3 is 1.00 bits per heavy atom. The predicted molar refractivity (Wildman–Crippen MR) is 73.2 cm³/mol. The van der Waals surface area contributed by atoms with Crippen molar-refractivity contribution in [2.75, 3.05) is 0 Å². The van der Waals surface area contributed by atoms with Gasteiger partial charge in [0.05, 0.1) is 4.92 Å². The molecule has 3 N–H and O–H groups in total. The van der Waals surface area contributed by atoms with Crippen LogP contribution < -0.4 is 0 Å². The van der Waals surface area contributed by atoms with Crippen LogP contribution in [0.4, 0.5) is 0 Å². The second-order valence-corrected chi connectivity index (χ2v) is 4.08. The first-order valence-electron chi connectivity index (χ1n) is 5.15. The van der Waals surface area contributed by atoms with Crippen LogP contribution in [0.15, 0.2) is 22.4 Å². The minimum atomic E-state index is -1.50. The van der Waals surface area contributed by atoms with Gasteiger partial charge in [0.25, 0.3) is 5.09 Å². The molecule has 0 aromatic heterocycles. The van der Waals surface area contributed by atoms with Crippen molar-refractivity contribution in [1.29, 1.82) is 0 Å². The zero-order chi connectivity index (χ0) is 15.5. The molecule has 0 unspecified atom stereocenters. The summed E-state index contributed by atoms with van der Waals surface area (Å²) in [7, 11) is 0. The maximum atomic E-state index is 9.89. The van der Waals surface area contributed by atoms with Crippen LogP contribution in [0.1, 0.15) is 48.5 Å².